The molecule has 0 unspecified atom stereocenters. The number of carbonyl (C=O) groups excluding carboxylic acids is 10. The first-order valence-electron chi connectivity index (χ1n) is 30.4. The van der Waals surface area contributed by atoms with E-state index in [-0.39, 0.29) is 74.4 Å². The van der Waals surface area contributed by atoms with Crippen LogP contribution in [0, 0.1) is 17.8 Å². The van der Waals surface area contributed by atoms with Gasteiger partial charge in [0.15, 0.2) is 0 Å². The summed E-state index contributed by atoms with van der Waals surface area (Å²) >= 11 is 0. The Bertz CT molecular complexity index is 2060. The molecular weight excluding hydrogens is 1040 g/mol. The summed E-state index contributed by atoms with van der Waals surface area (Å²) in [6.45, 7) is 23.6. The van der Waals surface area contributed by atoms with Crippen molar-refractivity contribution in [3.8, 4) is 0 Å². The minimum atomic E-state index is -1.63. The van der Waals surface area contributed by atoms with Crippen molar-refractivity contribution in [2.75, 3.05) is 32.8 Å². The molecule has 2 fully saturated rings. The van der Waals surface area contributed by atoms with Crippen LogP contribution in [-0.2, 0) is 47.9 Å². The molecule has 1 saturated heterocycles. The third-order valence-electron chi connectivity index (χ3n) is 15.0. The average Bonchev–Trinajstić information content (AvgIpc) is 3.89. The molecule has 10 amide bonds. The topological polar surface area (TPSA) is 314 Å². The van der Waals surface area contributed by atoms with Crippen molar-refractivity contribution in [1.82, 2.24) is 58.1 Å². The molecule has 2 aliphatic rings. The molecule has 0 aromatic rings. The van der Waals surface area contributed by atoms with Gasteiger partial charge in [-0.25, -0.2) is 0 Å². The van der Waals surface area contributed by atoms with Gasteiger partial charge >= 0.3 is 0 Å². The molecular formula is C59H107N11O11. The molecule has 6 atom stereocenters. The molecule has 464 valence electrons. The Morgan fingerprint density at radius 1 is 0.543 bits per heavy atom. The molecule has 1 aliphatic carbocycles. The summed E-state index contributed by atoms with van der Waals surface area (Å²) in [5, 5.41) is 37.4. The maximum absolute atomic E-state index is 14.4. The highest BCUT2D eigenvalue weighted by atomic mass is 16.3. The number of likely N-dealkylation sites (tertiary alicyclic amines) is 1. The fraction of sp³-hybridized carbons (Fsp3) is 0.831. The van der Waals surface area contributed by atoms with Gasteiger partial charge in [0.25, 0.3) is 0 Å². The second-order valence-corrected chi connectivity index (χ2v) is 25.1. The Labute approximate surface area is 484 Å². The van der Waals surface area contributed by atoms with Gasteiger partial charge < -0.3 is 63.2 Å². The second kappa shape index (κ2) is 35.6. The molecule has 1 saturated carbocycles. The summed E-state index contributed by atoms with van der Waals surface area (Å²) in [5.74, 6) is -5.49. The van der Waals surface area contributed by atoms with E-state index >= 15 is 0 Å². The van der Waals surface area contributed by atoms with Gasteiger partial charge in [-0.05, 0) is 118 Å². The summed E-state index contributed by atoms with van der Waals surface area (Å²) in [6, 6.07) is -5.14. The number of nitrogens with zero attached hydrogens (tertiary/aromatic N) is 1. The zero-order chi connectivity index (χ0) is 61.1. The van der Waals surface area contributed by atoms with Crippen molar-refractivity contribution in [3.05, 3.63) is 0 Å². The van der Waals surface area contributed by atoms with E-state index in [1.165, 1.54) is 41.5 Å². The van der Waals surface area contributed by atoms with E-state index in [1.54, 1.807) is 4.90 Å². The van der Waals surface area contributed by atoms with E-state index in [9.17, 15) is 47.9 Å². The first kappa shape index (κ1) is 71.7. The van der Waals surface area contributed by atoms with E-state index in [2.05, 4.69) is 60.1 Å². The maximum atomic E-state index is 14.4. The zero-order valence-corrected chi connectivity index (χ0v) is 51.6. The van der Waals surface area contributed by atoms with Crippen LogP contribution in [0.2, 0.25) is 0 Å². The minimum Gasteiger partial charge on any atom is -0.395 e. The van der Waals surface area contributed by atoms with Gasteiger partial charge in [0, 0.05) is 45.1 Å². The fourth-order valence-electron chi connectivity index (χ4n) is 10.2. The molecule has 1 heterocycles. The summed E-state index contributed by atoms with van der Waals surface area (Å²) in [4.78, 5) is 140. The van der Waals surface area contributed by atoms with Crippen LogP contribution in [0.4, 0.5) is 0 Å². The fourth-order valence-corrected chi connectivity index (χ4v) is 10.2. The number of hydrogen-bond acceptors (Lipinski definition) is 12. The molecule has 81 heavy (non-hydrogen) atoms. The van der Waals surface area contributed by atoms with Crippen LogP contribution in [0.1, 0.15) is 212 Å². The monoisotopic (exact) mass is 1150 g/mol. The lowest BCUT2D eigenvalue weighted by Gasteiger charge is -2.36. The van der Waals surface area contributed by atoms with Crippen molar-refractivity contribution in [1.29, 1.82) is 0 Å². The molecule has 22 heteroatoms. The van der Waals surface area contributed by atoms with E-state index in [1.807, 2.05) is 41.5 Å². The molecule has 1 aliphatic heterocycles. The summed E-state index contributed by atoms with van der Waals surface area (Å²) in [6.07, 6.45) is 12.3. The quantitative estimate of drug-likeness (QED) is 0.0399. The normalized spacial score (nSPS) is 17.0. The highest BCUT2D eigenvalue weighted by molar-refractivity contribution is 6.00. The van der Waals surface area contributed by atoms with E-state index in [0.717, 1.165) is 51.4 Å². The van der Waals surface area contributed by atoms with Crippen LogP contribution in [0.25, 0.3) is 0 Å². The number of nitrogens with one attached hydrogen (secondary N) is 10. The van der Waals surface area contributed by atoms with Crippen LogP contribution in [0.3, 0.4) is 0 Å². The Morgan fingerprint density at radius 2 is 1.10 bits per heavy atom. The largest absolute Gasteiger partial charge is 0.395 e. The number of aliphatic hydroxyl groups excluding tert-OH is 1. The number of unbranched alkanes of at least 4 members (excludes halogenated alkanes) is 5. The molecule has 0 spiro atoms. The third-order valence-corrected chi connectivity index (χ3v) is 15.0. The lowest BCUT2D eigenvalue weighted by molar-refractivity contribution is -0.141. The first-order valence-corrected chi connectivity index (χ1v) is 30.4. The Morgan fingerprint density at radius 3 is 1.69 bits per heavy atom. The van der Waals surface area contributed by atoms with Crippen molar-refractivity contribution < 1.29 is 53.1 Å². The summed E-state index contributed by atoms with van der Waals surface area (Å²) in [7, 11) is 0. The Kier molecular flexibility index (Phi) is 31.5. The van der Waals surface area contributed by atoms with Crippen molar-refractivity contribution in [3.63, 3.8) is 0 Å². The van der Waals surface area contributed by atoms with Gasteiger partial charge in [0.2, 0.25) is 59.1 Å². The molecule has 22 nitrogen and oxygen atoms in total. The summed E-state index contributed by atoms with van der Waals surface area (Å²) in [5.41, 5.74) is -4.79. The highest BCUT2D eigenvalue weighted by Gasteiger charge is 2.43. The van der Waals surface area contributed by atoms with Gasteiger partial charge in [-0.3, -0.25) is 47.9 Å². The van der Waals surface area contributed by atoms with Gasteiger partial charge in [-0.2, -0.15) is 0 Å². The predicted molar refractivity (Wildman–Crippen MR) is 313 cm³/mol. The van der Waals surface area contributed by atoms with Gasteiger partial charge in [0.1, 0.15) is 46.8 Å². The van der Waals surface area contributed by atoms with E-state index < -0.39 is 94.1 Å². The molecule has 0 radical (unpaired) electrons. The lowest BCUT2D eigenvalue weighted by Crippen LogP contribution is -2.66. The predicted octanol–water partition coefficient (Wildman–Crippen LogP) is 3.42. The van der Waals surface area contributed by atoms with Crippen LogP contribution >= 0.6 is 0 Å². The van der Waals surface area contributed by atoms with Crippen LogP contribution in [0.5, 0.6) is 0 Å². The Balaban J connectivity index is 2.26. The molecule has 11 N–H and O–H groups in total. The van der Waals surface area contributed by atoms with Gasteiger partial charge in [-0.15, -0.1) is 0 Å². The molecule has 0 aromatic heterocycles. The zero-order valence-electron chi connectivity index (χ0n) is 51.6. The average molecular weight is 1150 g/mol. The minimum absolute atomic E-state index is 0.00337. The number of aliphatic hydroxyl groups is 1. The Hall–Kier alpha value is -5.38. The molecule has 2 rings (SSSR count). The van der Waals surface area contributed by atoms with Crippen LogP contribution < -0.4 is 53.2 Å². The highest BCUT2D eigenvalue weighted by Crippen LogP contribution is 2.28. The lowest BCUT2D eigenvalue weighted by atomic mass is 9.83. The number of carbonyl (C=O) groups is 10. The van der Waals surface area contributed by atoms with Crippen molar-refractivity contribution in [2.45, 2.75) is 265 Å². The van der Waals surface area contributed by atoms with Crippen LogP contribution in [-0.4, -0.2) is 155 Å². The number of amides is 10. The first-order chi connectivity index (χ1) is 38.0. The molecule has 0 bridgehead atoms. The molecule has 0 aromatic carbocycles. The van der Waals surface area contributed by atoms with Crippen LogP contribution in [0.15, 0.2) is 0 Å². The van der Waals surface area contributed by atoms with Crippen molar-refractivity contribution >= 4 is 59.1 Å². The smallest absolute Gasteiger partial charge is 0.246 e. The second-order valence-electron chi connectivity index (χ2n) is 25.1. The number of hydrogen-bond donors (Lipinski definition) is 11. The SMILES string of the molecule is CCCCCCCC[C@H](NC(=O)C(C)(C)NC(=O)C(C)(C)NC(=O)[C@@H](NC(=O)[C@@H]1CCCN1C(=O)CCC)C1CCCCC1)C(=O)N[C@@H](CC(C)C)C(=O)NC(C)(C)C(=O)N[C@@H](CC(C)C)C(=O)NCCC(=O)N[C@@H](C)CNCCO. The summed E-state index contributed by atoms with van der Waals surface area (Å²) < 4.78 is 0. The standard InChI is InChI=1S/C59H107N11O11/c1-14-16-17-18-19-23-28-42(50(75)63-44(36-39(5)6)51(76)67-57(8,9)54(79)65-43(35-38(3)4)49(74)61-31-30-46(72)62-40(7)37-60-32-34-71)64-55(80)58(10,11)69-56(81)59(12,13)68-53(78)48(41-26-21-20-22-27-41)66-52(77)45-29-24-33-70(45)47(73)25-15-2/h38-45,48,60,71H,14-37H2,1-13H3,(H,61,74)(H,62,72)(H,63,75)(H,64,80)(H,65,79)(H,66,77)(H,67,76)(H,68,78)(H,69,81)/t40-,42-,43-,44-,45-,48-/m0/s1. The van der Waals surface area contributed by atoms with Gasteiger partial charge in [-0.1, -0.05) is 99.3 Å². The van der Waals surface area contributed by atoms with E-state index in [0.29, 0.717) is 64.6 Å². The maximum Gasteiger partial charge on any atom is 0.246 e. The van der Waals surface area contributed by atoms with Gasteiger partial charge in [0.05, 0.1) is 6.61 Å². The third kappa shape index (κ3) is 25.8. The number of rotatable bonds is 37. The van der Waals surface area contributed by atoms with Crippen molar-refractivity contribution in [2.24, 2.45) is 17.8 Å². The van der Waals surface area contributed by atoms with E-state index in [4.69, 9.17) is 5.11 Å².